The van der Waals surface area contributed by atoms with E-state index in [-0.39, 0.29) is 5.91 Å². The van der Waals surface area contributed by atoms with Gasteiger partial charge in [0.15, 0.2) is 5.11 Å². The summed E-state index contributed by atoms with van der Waals surface area (Å²) in [4.78, 5) is 14.0. The van der Waals surface area contributed by atoms with E-state index in [1.54, 1.807) is 19.3 Å². The lowest BCUT2D eigenvalue weighted by Crippen LogP contribution is -2.32. The molecule has 0 atom stereocenters. The van der Waals surface area contributed by atoms with E-state index >= 15 is 0 Å². The summed E-state index contributed by atoms with van der Waals surface area (Å²) in [7, 11) is 1.63. The van der Waals surface area contributed by atoms with Gasteiger partial charge in [-0.2, -0.15) is 0 Å². The molecule has 1 aliphatic heterocycles. The lowest BCUT2D eigenvalue weighted by atomic mass is 10.0. The Morgan fingerprint density at radius 2 is 1.97 bits per heavy atom. The summed E-state index contributed by atoms with van der Waals surface area (Å²) in [6.07, 6.45) is 2.38. The molecule has 0 spiro atoms. The second-order valence-corrected chi connectivity index (χ2v) is 7.49. The van der Waals surface area contributed by atoms with Crippen LogP contribution >= 0.6 is 12.2 Å². The van der Waals surface area contributed by atoms with Crippen LogP contribution in [0, 0.1) is 0 Å². The van der Waals surface area contributed by atoms with Crippen LogP contribution in [0.25, 0.3) is 6.08 Å². The molecule has 1 saturated heterocycles. The van der Waals surface area contributed by atoms with E-state index in [2.05, 4.69) is 31.3 Å². The predicted octanol–water partition coefficient (Wildman–Crippen LogP) is 4.08. The molecule has 0 saturated carbocycles. The molecule has 1 aromatic heterocycles. The fourth-order valence-electron chi connectivity index (χ4n) is 2.94. The second-order valence-electron chi connectivity index (χ2n) is 7.11. The van der Waals surface area contributed by atoms with Crippen molar-refractivity contribution in [1.29, 1.82) is 0 Å². The molecule has 0 unspecified atom stereocenters. The Labute approximate surface area is 176 Å². The largest absolute Gasteiger partial charge is 0.486 e. The Bertz CT molecular complexity index is 886. The molecule has 7 heteroatoms. The zero-order valence-electron chi connectivity index (χ0n) is 16.9. The third kappa shape index (κ3) is 5.46. The van der Waals surface area contributed by atoms with Gasteiger partial charge in [0.2, 0.25) is 0 Å². The van der Waals surface area contributed by atoms with Crippen LogP contribution in [-0.4, -0.2) is 36.2 Å². The van der Waals surface area contributed by atoms with Crippen molar-refractivity contribution in [1.82, 2.24) is 10.2 Å². The average Bonchev–Trinajstić information content (AvgIpc) is 3.26. The van der Waals surface area contributed by atoms with Crippen molar-refractivity contribution in [3.8, 4) is 5.75 Å². The van der Waals surface area contributed by atoms with Gasteiger partial charge in [0.1, 0.15) is 29.6 Å². The summed E-state index contributed by atoms with van der Waals surface area (Å²) in [6.45, 7) is 5.72. The number of rotatable bonds is 9. The number of carbonyl (C=O) groups is 1. The minimum atomic E-state index is -0.162. The third-order valence-electron chi connectivity index (χ3n) is 4.59. The standard InChI is InChI=1S/C22H26N2O4S/c1-15(2)16-5-7-17(8-6-16)27-14-19-10-9-18(28-19)13-20-21(25)24(22(29)23-20)11-4-12-26-3/h5-10,13,15H,4,11-12,14H2,1-3H3,(H,23,29)/b20-13+. The molecule has 1 N–H and O–H groups in total. The fourth-order valence-corrected chi connectivity index (χ4v) is 3.22. The van der Waals surface area contributed by atoms with Crippen molar-refractivity contribution in [2.75, 3.05) is 20.3 Å². The fraction of sp³-hybridized carbons (Fsp3) is 0.364. The molecule has 0 bridgehead atoms. The number of benzene rings is 1. The highest BCUT2D eigenvalue weighted by atomic mass is 32.1. The highest BCUT2D eigenvalue weighted by Crippen LogP contribution is 2.21. The molecule has 154 valence electrons. The van der Waals surface area contributed by atoms with Crippen LogP contribution in [0.3, 0.4) is 0 Å². The van der Waals surface area contributed by atoms with Gasteiger partial charge in [-0.25, -0.2) is 0 Å². The zero-order chi connectivity index (χ0) is 20.8. The number of ether oxygens (including phenoxy) is 2. The van der Waals surface area contributed by atoms with E-state index in [0.717, 1.165) is 12.2 Å². The highest BCUT2D eigenvalue weighted by Gasteiger charge is 2.30. The first-order chi connectivity index (χ1) is 14.0. The van der Waals surface area contributed by atoms with Crippen molar-refractivity contribution >= 4 is 29.3 Å². The van der Waals surface area contributed by atoms with Crippen molar-refractivity contribution in [2.45, 2.75) is 32.8 Å². The van der Waals surface area contributed by atoms with Crippen LogP contribution < -0.4 is 10.1 Å². The van der Waals surface area contributed by atoms with E-state index in [0.29, 0.717) is 48.0 Å². The number of nitrogens with one attached hydrogen (secondary N) is 1. The number of furan rings is 1. The van der Waals surface area contributed by atoms with Gasteiger partial charge in [0, 0.05) is 26.3 Å². The number of methoxy groups -OCH3 is 1. The lowest BCUT2D eigenvalue weighted by Gasteiger charge is -2.12. The van der Waals surface area contributed by atoms with Gasteiger partial charge >= 0.3 is 0 Å². The normalized spacial score (nSPS) is 15.4. The Morgan fingerprint density at radius 1 is 1.21 bits per heavy atom. The molecular formula is C22H26N2O4S. The molecule has 0 aliphatic carbocycles. The van der Waals surface area contributed by atoms with Crippen LogP contribution in [0.4, 0.5) is 0 Å². The van der Waals surface area contributed by atoms with Gasteiger partial charge in [-0.05, 0) is 54.4 Å². The summed E-state index contributed by atoms with van der Waals surface area (Å²) in [6, 6.07) is 11.7. The maximum atomic E-state index is 12.5. The van der Waals surface area contributed by atoms with Crippen LogP contribution in [0.2, 0.25) is 0 Å². The van der Waals surface area contributed by atoms with Crippen molar-refractivity contribution in [2.24, 2.45) is 0 Å². The highest BCUT2D eigenvalue weighted by molar-refractivity contribution is 7.80. The van der Waals surface area contributed by atoms with Gasteiger partial charge in [-0.15, -0.1) is 0 Å². The molecule has 29 heavy (non-hydrogen) atoms. The topological polar surface area (TPSA) is 63.9 Å². The maximum Gasteiger partial charge on any atom is 0.276 e. The van der Waals surface area contributed by atoms with E-state index in [9.17, 15) is 4.79 Å². The van der Waals surface area contributed by atoms with Crippen LogP contribution in [-0.2, 0) is 16.1 Å². The van der Waals surface area contributed by atoms with Crippen LogP contribution in [0.5, 0.6) is 5.75 Å². The molecule has 1 fully saturated rings. The van der Waals surface area contributed by atoms with E-state index in [1.807, 2.05) is 18.2 Å². The lowest BCUT2D eigenvalue weighted by molar-refractivity contribution is -0.122. The van der Waals surface area contributed by atoms with E-state index in [1.165, 1.54) is 10.5 Å². The molecule has 1 aromatic carbocycles. The summed E-state index contributed by atoms with van der Waals surface area (Å²) in [5.41, 5.74) is 1.67. The SMILES string of the molecule is COCCCN1C(=O)/C(=C\c2ccc(COc3ccc(C(C)C)cc3)o2)NC1=S. The van der Waals surface area contributed by atoms with Crippen molar-refractivity contribution in [3.63, 3.8) is 0 Å². The monoisotopic (exact) mass is 414 g/mol. The second kappa shape index (κ2) is 9.71. The van der Waals surface area contributed by atoms with E-state index < -0.39 is 0 Å². The number of nitrogens with zero attached hydrogens (tertiary/aromatic N) is 1. The molecule has 2 aromatic rings. The Balaban J connectivity index is 1.58. The first kappa shape index (κ1) is 21.1. The number of hydrogen-bond donors (Lipinski definition) is 1. The Kier molecular flexibility index (Phi) is 7.06. The first-order valence-corrected chi connectivity index (χ1v) is 10.0. The quantitative estimate of drug-likeness (QED) is 0.379. The van der Waals surface area contributed by atoms with Crippen molar-refractivity contribution < 1.29 is 18.7 Å². The summed E-state index contributed by atoms with van der Waals surface area (Å²) < 4.78 is 16.6. The number of amides is 1. The molecule has 6 nitrogen and oxygen atoms in total. The summed E-state index contributed by atoms with van der Waals surface area (Å²) >= 11 is 5.25. The van der Waals surface area contributed by atoms with Crippen LogP contribution in [0.15, 0.2) is 46.5 Å². The van der Waals surface area contributed by atoms with Gasteiger partial charge in [-0.3, -0.25) is 9.69 Å². The maximum absolute atomic E-state index is 12.5. The molecular weight excluding hydrogens is 388 g/mol. The smallest absolute Gasteiger partial charge is 0.276 e. The third-order valence-corrected chi connectivity index (χ3v) is 4.91. The van der Waals surface area contributed by atoms with E-state index in [4.69, 9.17) is 26.1 Å². The molecule has 2 heterocycles. The molecule has 3 rings (SSSR count). The number of thiocarbonyl (C=S) groups is 1. The minimum absolute atomic E-state index is 0.162. The molecule has 1 amide bonds. The summed E-state index contributed by atoms with van der Waals surface area (Å²) in [5.74, 6) is 2.35. The van der Waals surface area contributed by atoms with Crippen molar-refractivity contribution in [3.05, 3.63) is 59.2 Å². The number of carbonyl (C=O) groups excluding carboxylic acids is 1. The van der Waals surface area contributed by atoms with Crippen LogP contribution in [0.1, 0.15) is 43.3 Å². The van der Waals surface area contributed by atoms with Gasteiger partial charge < -0.3 is 19.2 Å². The minimum Gasteiger partial charge on any atom is -0.486 e. The Morgan fingerprint density at radius 3 is 2.66 bits per heavy atom. The van der Waals surface area contributed by atoms with Gasteiger partial charge in [-0.1, -0.05) is 26.0 Å². The van der Waals surface area contributed by atoms with Gasteiger partial charge in [0.05, 0.1) is 0 Å². The Hall–Kier alpha value is -2.64. The predicted molar refractivity (Wildman–Crippen MR) is 115 cm³/mol. The molecule has 0 radical (unpaired) electrons. The summed E-state index contributed by atoms with van der Waals surface area (Å²) in [5, 5.41) is 3.35. The van der Waals surface area contributed by atoms with Gasteiger partial charge in [0.25, 0.3) is 5.91 Å². The number of hydrogen-bond acceptors (Lipinski definition) is 5. The average molecular weight is 415 g/mol. The zero-order valence-corrected chi connectivity index (χ0v) is 17.8. The first-order valence-electron chi connectivity index (χ1n) is 9.63. The molecule has 1 aliphatic rings.